The van der Waals surface area contributed by atoms with Crippen LogP contribution in [0.2, 0.25) is 0 Å². The first-order valence-electron chi connectivity index (χ1n) is 5.41. The van der Waals surface area contributed by atoms with Crippen molar-refractivity contribution in [1.29, 1.82) is 0 Å². The standard InChI is InChI=1S/C12H15N3O2/c1-9-5-3-4-6-10(9)11-13-12(15-14-11)17-8-7-16-2/h3-6H,7-8H2,1-2H3,(H,13,14,15). The van der Waals surface area contributed by atoms with Crippen molar-refractivity contribution in [3.8, 4) is 17.4 Å². The number of aromatic nitrogens is 3. The lowest BCUT2D eigenvalue weighted by atomic mass is 10.1. The van der Waals surface area contributed by atoms with E-state index in [9.17, 15) is 0 Å². The summed E-state index contributed by atoms with van der Waals surface area (Å²) in [5.41, 5.74) is 2.17. The van der Waals surface area contributed by atoms with Gasteiger partial charge in [-0.05, 0) is 12.5 Å². The number of hydrogen-bond donors (Lipinski definition) is 1. The van der Waals surface area contributed by atoms with Gasteiger partial charge in [0.25, 0.3) is 0 Å². The van der Waals surface area contributed by atoms with E-state index >= 15 is 0 Å². The molecule has 0 saturated carbocycles. The molecule has 0 unspecified atom stereocenters. The monoisotopic (exact) mass is 233 g/mol. The fourth-order valence-electron chi connectivity index (χ4n) is 1.49. The molecule has 0 aliphatic carbocycles. The summed E-state index contributed by atoms with van der Waals surface area (Å²) in [6, 6.07) is 8.33. The van der Waals surface area contributed by atoms with E-state index < -0.39 is 0 Å². The lowest BCUT2D eigenvalue weighted by Crippen LogP contribution is -2.05. The Morgan fingerprint density at radius 3 is 2.82 bits per heavy atom. The fourth-order valence-corrected chi connectivity index (χ4v) is 1.49. The number of H-pyrrole nitrogens is 1. The molecule has 17 heavy (non-hydrogen) atoms. The summed E-state index contributed by atoms with van der Waals surface area (Å²) in [7, 11) is 1.63. The molecule has 0 fully saturated rings. The Morgan fingerprint density at radius 1 is 1.24 bits per heavy atom. The number of aromatic amines is 1. The molecular weight excluding hydrogens is 218 g/mol. The number of benzene rings is 1. The van der Waals surface area contributed by atoms with E-state index in [2.05, 4.69) is 15.2 Å². The lowest BCUT2D eigenvalue weighted by molar-refractivity contribution is 0.141. The Labute approximate surface area is 99.8 Å². The Morgan fingerprint density at radius 2 is 2.06 bits per heavy atom. The second-order valence-corrected chi connectivity index (χ2v) is 3.62. The van der Waals surface area contributed by atoms with Gasteiger partial charge in [0.05, 0.1) is 6.61 Å². The van der Waals surface area contributed by atoms with Crippen LogP contribution in [0, 0.1) is 6.92 Å². The smallest absolute Gasteiger partial charge is 0.335 e. The Hall–Kier alpha value is -1.88. The number of methoxy groups -OCH3 is 1. The largest absolute Gasteiger partial charge is 0.460 e. The van der Waals surface area contributed by atoms with E-state index in [1.807, 2.05) is 31.2 Å². The Bertz CT molecular complexity index is 482. The molecule has 0 aliphatic heterocycles. The van der Waals surface area contributed by atoms with Crippen molar-refractivity contribution in [3.63, 3.8) is 0 Å². The highest BCUT2D eigenvalue weighted by Crippen LogP contribution is 2.20. The van der Waals surface area contributed by atoms with Gasteiger partial charge in [-0.2, -0.15) is 4.98 Å². The highest BCUT2D eigenvalue weighted by atomic mass is 16.5. The molecule has 0 atom stereocenters. The number of hydrogen-bond acceptors (Lipinski definition) is 4. The van der Waals surface area contributed by atoms with Crippen LogP contribution in [-0.2, 0) is 4.74 Å². The average molecular weight is 233 g/mol. The van der Waals surface area contributed by atoms with E-state index in [0.717, 1.165) is 17.0 Å². The Balaban J connectivity index is 2.10. The summed E-state index contributed by atoms with van der Waals surface area (Å²) in [4.78, 5) is 4.27. The summed E-state index contributed by atoms with van der Waals surface area (Å²) < 4.78 is 10.2. The normalized spacial score (nSPS) is 10.5. The number of aryl methyl sites for hydroxylation is 1. The first kappa shape index (κ1) is 11.6. The van der Waals surface area contributed by atoms with Gasteiger partial charge in [-0.3, -0.25) is 5.10 Å². The molecule has 90 valence electrons. The molecule has 0 aliphatic rings. The predicted molar refractivity (Wildman–Crippen MR) is 63.9 cm³/mol. The van der Waals surface area contributed by atoms with E-state index in [4.69, 9.17) is 9.47 Å². The summed E-state index contributed by atoms with van der Waals surface area (Å²) in [5, 5.41) is 6.85. The van der Waals surface area contributed by atoms with Crippen molar-refractivity contribution in [3.05, 3.63) is 29.8 Å². The minimum absolute atomic E-state index is 0.348. The summed E-state index contributed by atoms with van der Waals surface area (Å²) in [6.07, 6.45) is 0. The molecule has 1 aromatic heterocycles. The highest BCUT2D eigenvalue weighted by molar-refractivity contribution is 5.59. The van der Waals surface area contributed by atoms with Crippen LogP contribution in [0.15, 0.2) is 24.3 Å². The third-order valence-electron chi connectivity index (χ3n) is 2.38. The Kier molecular flexibility index (Phi) is 3.72. The van der Waals surface area contributed by atoms with Crippen molar-refractivity contribution >= 4 is 0 Å². The molecule has 1 aromatic carbocycles. The maximum absolute atomic E-state index is 5.31. The minimum Gasteiger partial charge on any atom is -0.460 e. The predicted octanol–water partition coefficient (Wildman–Crippen LogP) is 1.81. The van der Waals surface area contributed by atoms with E-state index in [1.54, 1.807) is 7.11 Å². The molecule has 2 aromatic rings. The van der Waals surface area contributed by atoms with Crippen LogP contribution in [0.3, 0.4) is 0 Å². The van der Waals surface area contributed by atoms with Gasteiger partial charge in [-0.25, -0.2) is 0 Å². The van der Waals surface area contributed by atoms with Crippen LogP contribution in [0.5, 0.6) is 6.01 Å². The number of nitrogens with one attached hydrogen (secondary N) is 1. The molecule has 5 nitrogen and oxygen atoms in total. The van der Waals surface area contributed by atoms with Gasteiger partial charge < -0.3 is 9.47 Å². The van der Waals surface area contributed by atoms with Crippen molar-refractivity contribution in [1.82, 2.24) is 15.2 Å². The van der Waals surface area contributed by atoms with Crippen molar-refractivity contribution in [2.24, 2.45) is 0 Å². The fraction of sp³-hybridized carbons (Fsp3) is 0.333. The minimum atomic E-state index is 0.348. The van der Waals surface area contributed by atoms with Gasteiger partial charge in [0.15, 0.2) is 5.82 Å². The lowest BCUT2D eigenvalue weighted by Gasteiger charge is -2.00. The third-order valence-corrected chi connectivity index (χ3v) is 2.38. The summed E-state index contributed by atoms with van der Waals surface area (Å²) in [6.45, 7) is 3.00. The van der Waals surface area contributed by atoms with Crippen LogP contribution in [0.4, 0.5) is 0 Å². The highest BCUT2D eigenvalue weighted by Gasteiger charge is 2.07. The van der Waals surface area contributed by atoms with Crippen LogP contribution in [0.25, 0.3) is 11.4 Å². The van der Waals surface area contributed by atoms with E-state index in [-0.39, 0.29) is 0 Å². The zero-order valence-electron chi connectivity index (χ0n) is 9.93. The second-order valence-electron chi connectivity index (χ2n) is 3.62. The number of nitrogens with zero attached hydrogens (tertiary/aromatic N) is 2. The van der Waals surface area contributed by atoms with Crippen LogP contribution < -0.4 is 4.74 Å². The molecule has 0 radical (unpaired) electrons. The van der Waals surface area contributed by atoms with Gasteiger partial charge >= 0.3 is 6.01 Å². The molecule has 0 spiro atoms. The maximum Gasteiger partial charge on any atom is 0.335 e. The zero-order chi connectivity index (χ0) is 12.1. The van der Waals surface area contributed by atoms with Gasteiger partial charge in [-0.1, -0.05) is 24.3 Å². The van der Waals surface area contributed by atoms with Crippen LogP contribution in [0.1, 0.15) is 5.56 Å². The van der Waals surface area contributed by atoms with Gasteiger partial charge in [0.1, 0.15) is 6.61 Å². The van der Waals surface area contributed by atoms with Gasteiger partial charge in [0.2, 0.25) is 0 Å². The quantitative estimate of drug-likeness (QED) is 0.800. The van der Waals surface area contributed by atoms with Crippen molar-refractivity contribution in [2.75, 3.05) is 20.3 Å². The number of ether oxygens (including phenoxy) is 2. The molecule has 0 amide bonds. The average Bonchev–Trinajstić information content (AvgIpc) is 2.79. The van der Waals surface area contributed by atoms with Gasteiger partial charge in [-0.15, -0.1) is 5.10 Å². The molecule has 0 bridgehead atoms. The zero-order valence-corrected chi connectivity index (χ0v) is 9.93. The molecule has 1 N–H and O–H groups in total. The number of rotatable bonds is 5. The molecular formula is C12H15N3O2. The molecule has 0 saturated heterocycles. The topological polar surface area (TPSA) is 60.0 Å². The summed E-state index contributed by atoms with van der Waals surface area (Å²) >= 11 is 0. The van der Waals surface area contributed by atoms with Crippen molar-refractivity contribution < 1.29 is 9.47 Å². The van der Waals surface area contributed by atoms with E-state index in [1.165, 1.54) is 0 Å². The summed E-state index contributed by atoms with van der Waals surface area (Å²) in [5.74, 6) is 0.718. The van der Waals surface area contributed by atoms with Crippen molar-refractivity contribution in [2.45, 2.75) is 6.92 Å². The van der Waals surface area contributed by atoms with E-state index in [0.29, 0.717) is 19.2 Å². The first-order valence-corrected chi connectivity index (χ1v) is 5.41. The molecule has 1 heterocycles. The van der Waals surface area contributed by atoms with Crippen LogP contribution in [-0.4, -0.2) is 35.5 Å². The second kappa shape index (κ2) is 5.45. The molecule has 2 rings (SSSR count). The maximum atomic E-state index is 5.31. The molecule has 5 heteroatoms. The SMILES string of the molecule is COCCOc1n[nH]c(-c2ccccc2C)n1. The first-order chi connectivity index (χ1) is 8.31. The van der Waals surface area contributed by atoms with Crippen LogP contribution >= 0.6 is 0 Å². The third kappa shape index (κ3) is 2.82. The van der Waals surface area contributed by atoms with Gasteiger partial charge in [0, 0.05) is 12.7 Å².